The molecule has 0 unspecified atom stereocenters. The Bertz CT molecular complexity index is 490. The number of hydrogen-bond acceptors (Lipinski definition) is 3. The predicted octanol–water partition coefficient (Wildman–Crippen LogP) is 2.23. The summed E-state index contributed by atoms with van der Waals surface area (Å²) < 4.78 is 13.1. The highest BCUT2D eigenvalue weighted by Gasteiger charge is 2.31. The minimum atomic E-state index is -0.358. The first-order valence-electron chi connectivity index (χ1n) is 6.10. The molecule has 0 N–H and O–H groups in total. The van der Waals surface area contributed by atoms with Crippen LogP contribution in [-0.2, 0) is 0 Å². The van der Waals surface area contributed by atoms with Gasteiger partial charge >= 0.3 is 0 Å². The zero-order valence-corrected chi connectivity index (χ0v) is 11.1. The molecular formula is C14H18FN3. The summed E-state index contributed by atoms with van der Waals surface area (Å²) >= 11 is 0. The maximum absolute atomic E-state index is 13.1. The lowest BCUT2D eigenvalue weighted by Gasteiger charge is -2.46. The van der Waals surface area contributed by atoms with E-state index in [1.54, 1.807) is 6.07 Å². The molecule has 4 heteroatoms. The molecule has 0 spiro atoms. The smallest absolute Gasteiger partial charge is 0.124 e. The van der Waals surface area contributed by atoms with E-state index in [1.165, 1.54) is 12.1 Å². The van der Waals surface area contributed by atoms with Gasteiger partial charge in [-0.25, -0.2) is 4.39 Å². The van der Waals surface area contributed by atoms with Crippen LogP contribution >= 0.6 is 0 Å². The van der Waals surface area contributed by atoms with Crippen LogP contribution in [0.25, 0.3) is 0 Å². The monoisotopic (exact) mass is 247 g/mol. The summed E-state index contributed by atoms with van der Waals surface area (Å²) in [6.45, 7) is 6.99. The van der Waals surface area contributed by atoms with Gasteiger partial charge in [0, 0.05) is 25.2 Å². The van der Waals surface area contributed by atoms with Crippen molar-refractivity contribution in [1.82, 2.24) is 4.90 Å². The number of likely N-dealkylation sites (N-methyl/N-ethyl adjacent to an activating group) is 1. The number of benzene rings is 1. The average molecular weight is 247 g/mol. The minimum Gasteiger partial charge on any atom is -0.367 e. The van der Waals surface area contributed by atoms with E-state index >= 15 is 0 Å². The van der Waals surface area contributed by atoms with Gasteiger partial charge in [0.2, 0.25) is 0 Å². The highest BCUT2D eigenvalue weighted by atomic mass is 19.1. The normalized spacial score (nSPS) is 19.6. The fourth-order valence-corrected chi connectivity index (χ4v) is 2.32. The summed E-state index contributed by atoms with van der Waals surface area (Å²) in [4.78, 5) is 4.47. The first-order valence-corrected chi connectivity index (χ1v) is 6.10. The number of piperazine rings is 1. The molecule has 18 heavy (non-hydrogen) atoms. The Morgan fingerprint density at radius 3 is 2.67 bits per heavy atom. The zero-order valence-electron chi connectivity index (χ0n) is 11.1. The molecule has 0 aromatic heterocycles. The van der Waals surface area contributed by atoms with Gasteiger partial charge in [-0.2, -0.15) is 5.26 Å². The third kappa shape index (κ3) is 2.32. The van der Waals surface area contributed by atoms with E-state index in [0.717, 1.165) is 25.3 Å². The first-order chi connectivity index (χ1) is 8.44. The van der Waals surface area contributed by atoms with E-state index in [1.807, 2.05) is 0 Å². The van der Waals surface area contributed by atoms with Crippen LogP contribution in [0.1, 0.15) is 19.4 Å². The van der Waals surface area contributed by atoms with E-state index < -0.39 is 0 Å². The Kier molecular flexibility index (Phi) is 3.27. The molecule has 0 atom stereocenters. The number of nitriles is 1. The van der Waals surface area contributed by atoms with Crippen LogP contribution in [0.15, 0.2) is 18.2 Å². The van der Waals surface area contributed by atoms with Crippen LogP contribution in [0.3, 0.4) is 0 Å². The lowest BCUT2D eigenvalue weighted by atomic mass is 9.98. The summed E-state index contributed by atoms with van der Waals surface area (Å²) in [6, 6.07) is 6.50. The molecule has 1 fully saturated rings. The van der Waals surface area contributed by atoms with Gasteiger partial charge in [0.1, 0.15) is 11.9 Å². The maximum Gasteiger partial charge on any atom is 0.124 e. The van der Waals surface area contributed by atoms with Crippen molar-refractivity contribution in [3.63, 3.8) is 0 Å². The van der Waals surface area contributed by atoms with Gasteiger partial charge < -0.3 is 4.90 Å². The number of anilines is 1. The summed E-state index contributed by atoms with van der Waals surface area (Å²) in [7, 11) is 2.10. The van der Waals surface area contributed by atoms with Crippen LogP contribution in [-0.4, -0.2) is 37.1 Å². The molecule has 1 aliphatic heterocycles. The van der Waals surface area contributed by atoms with Crippen molar-refractivity contribution < 1.29 is 4.39 Å². The van der Waals surface area contributed by atoms with E-state index in [-0.39, 0.29) is 11.4 Å². The number of hydrogen-bond donors (Lipinski definition) is 0. The van der Waals surface area contributed by atoms with Crippen molar-refractivity contribution in [2.24, 2.45) is 0 Å². The Labute approximate surface area is 107 Å². The van der Waals surface area contributed by atoms with E-state index in [4.69, 9.17) is 5.26 Å². The second-order valence-electron chi connectivity index (χ2n) is 5.43. The van der Waals surface area contributed by atoms with Gasteiger partial charge in [0.15, 0.2) is 0 Å². The van der Waals surface area contributed by atoms with Crippen molar-refractivity contribution in [2.75, 3.05) is 31.6 Å². The van der Waals surface area contributed by atoms with Crippen LogP contribution in [0.2, 0.25) is 0 Å². The second-order valence-corrected chi connectivity index (χ2v) is 5.43. The molecule has 3 nitrogen and oxygen atoms in total. The van der Waals surface area contributed by atoms with Crippen molar-refractivity contribution in [3.05, 3.63) is 29.6 Å². The van der Waals surface area contributed by atoms with Gasteiger partial charge in [-0.3, -0.25) is 4.90 Å². The van der Waals surface area contributed by atoms with Gasteiger partial charge in [-0.05, 0) is 39.1 Å². The maximum atomic E-state index is 13.1. The topological polar surface area (TPSA) is 30.3 Å². The Morgan fingerprint density at radius 2 is 2.06 bits per heavy atom. The number of nitrogens with zero attached hydrogens (tertiary/aromatic N) is 3. The van der Waals surface area contributed by atoms with Crippen molar-refractivity contribution >= 4 is 5.69 Å². The third-order valence-corrected chi connectivity index (χ3v) is 3.74. The summed E-state index contributed by atoms with van der Waals surface area (Å²) in [5.41, 5.74) is 1.30. The predicted molar refractivity (Wildman–Crippen MR) is 70.0 cm³/mol. The Balaban J connectivity index is 2.31. The first kappa shape index (κ1) is 12.8. The van der Waals surface area contributed by atoms with Crippen molar-refractivity contribution in [3.8, 4) is 6.07 Å². The lowest BCUT2D eigenvalue weighted by Crippen LogP contribution is -2.57. The largest absolute Gasteiger partial charge is 0.367 e. The highest BCUT2D eigenvalue weighted by molar-refractivity contribution is 5.60. The molecule has 1 aromatic carbocycles. The van der Waals surface area contributed by atoms with E-state index in [0.29, 0.717) is 5.56 Å². The molecule has 1 aliphatic rings. The molecule has 0 aliphatic carbocycles. The van der Waals surface area contributed by atoms with Gasteiger partial charge in [0.25, 0.3) is 0 Å². The van der Waals surface area contributed by atoms with Crippen molar-refractivity contribution in [1.29, 1.82) is 5.26 Å². The quantitative estimate of drug-likeness (QED) is 0.762. The van der Waals surface area contributed by atoms with E-state index in [2.05, 4.69) is 36.8 Å². The molecule has 96 valence electrons. The zero-order chi connectivity index (χ0) is 13.3. The highest BCUT2D eigenvalue weighted by Crippen LogP contribution is 2.27. The fraction of sp³-hybridized carbons (Fsp3) is 0.500. The van der Waals surface area contributed by atoms with Crippen LogP contribution < -0.4 is 4.90 Å². The molecule has 2 rings (SSSR count). The molecule has 1 saturated heterocycles. The van der Waals surface area contributed by atoms with Crippen LogP contribution in [0.5, 0.6) is 0 Å². The summed E-state index contributed by atoms with van der Waals surface area (Å²) in [5.74, 6) is -0.358. The van der Waals surface area contributed by atoms with Crippen LogP contribution in [0.4, 0.5) is 10.1 Å². The average Bonchev–Trinajstić information content (AvgIpc) is 2.32. The standard InChI is InChI=1S/C14H18FN3/c1-14(2)10-18(7-6-17(14)3)13-5-4-12(15)8-11(13)9-16/h4-5,8H,6-7,10H2,1-3H3. The fourth-order valence-electron chi connectivity index (χ4n) is 2.32. The third-order valence-electron chi connectivity index (χ3n) is 3.74. The second kappa shape index (κ2) is 4.58. The Morgan fingerprint density at radius 1 is 1.33 bits per heavy atom. The molecule has 0 bridgehead atoms. The number of rotatable bonds is 1. The SMILES string of the molecule is CN1CCN(c2ccc(F)cc2C#N)CC1(C)C. The summed E-state index contributed by atoms with van der Waals surface area (Å²) in [5, 5.41) is 9.10. The molecule has 1 aromatic rings. The molecular weight excluding hydrogens is 229 g/mol. The minimum absolute atomic E-state index is 0.0549. The van der Waals surface area contributed by atoms with Crippen LogP contribution in [0, 0.1) is 17.1 Å². The number of halogens is 1. The van der Waals surface area contributed by atoms with E-state index in [9.17, 15) is 4.39 Å². The molecule has 0 saturated carbocycles. The molecule has 0 radical (unpaired) electrons. The van der Waals surface area contributed by atoms with Gasteiger partial charge in [-0.15, -0.1) is 0 Å². The Hall–Kier alpha value is -1.60. The van der Waals surface area contributed by atoms with Crippen molar-refractivity contribution in [2.45, 2.75) is 19.4 Å². The summed E-state index contributed by atoms with van der Waals surface area (Å²) in [6.07, 6.45) is 0. The molecule has 0 amide bonds. The molecule has 1 heterocycles. The lowest BCUT2D eigenvalue weighted by molar-refractivity contribution is 0.139. The van der Waals surface area contributed by atoms with Gasteiger partial charge in [-0.1, -0.05) is 0 Å². The van der Waals surface area contributed by atoms with Gasteiger partial charge in [0.05, 0.1) is 11.3 Å².